The number of nitrogens with one attached hydrogen (secondary N) is 1. The van der Waals surface area contributed by atoms with Crippen molar-refractivity contribution >= 4 is 0 Å². The van der Waals surface area contributed by atoms with Gasteiger partial charge in [-0.05, 0) is 73.1 Å². The first-order chi connectivity index (χ1) is 9.46. The molecule has 4 nitrogen and oxygen atoms in total. The van der Waals surface area contributed by atoms with Gasteiger partial charge in [0.25, 0.3) is 0 Å². The van der Waals surface area contributed by atoms with E-state index in [4.69, 9.17) is 0 Å². The molecule has 0 aromatic carbocycles. The summed E-state index contributed by atoms with van der Waals surface area (Å²) in [5.41, 5.74) is -0.281. The topological polar surface area (TPSA) is 42.3 Å². The van der Waals surface area contributed by atoms with Gasteiger partial charge in [-0.3, -0.25) is 5.32 Å². The summed E-state index contributed by atoms with van der Waals surface area (Å²) in [7, 11) is 4.37. The van der Waals surface area contributed by atoms with Crippen LogP contribution in [0.1, 0.15) is 46.0 Å². The van der Waals surface area contributed by atoms with Crippen LogP contribution in [0.4, 0.5) is 0 Å². The predicted octanol–water partition coefficient (Wildman–Crippen LogP) is 1.83. The summed E-state index contributed by atoms with van der Waals surface area (Å²) in [6, 6.07) is 4.28. The Morgan fingerprint density at radius 1 is 1.25 bits per heavy atom. The normalized spacial score (nSPS) is 33.0. The van der Waals surface area contributed by atoms with Crippen molar-refractivity contribution < 1.29 is 0 Å². The molecule has 2 unspecified atom stereocenters. The maximum atomic E-state index is 9.56. The average molecular weight is 278 g/mol. The first-order valence-electron chi connectivity index (χ1n) is 8.05. The number of hydrogen-bond donors (Lipinski definition) is 1. The zero-order chi connectivity index (χ0) is 14.8. The van der Waals surface area contributed by atoms with Crippen molar-refractivity contribution in [3.8, 4) is 6.07 Å². The standard InChI is InChI=1S/C16H30N4/c1-13(2)18-16(12-17)8-5-15(11-16)20-9-6-14(7-10-20)19(3)4/h13-15,18H,5-11H2,1-4H3. The molecule has 1 saturated carbocycles. The van der Waals surface area contributed by atoms with E-state index in [1.165, 1.54) is 32.4 Å². The highest BCUT2D eigenvalue weighted by Crippen LogP contribution is 2.34. The van der Waals surface area contributed by atoms with Gasteiger partial charge in [0.1, 0.15) is 5.54 Å². The summed E-state index contributed by atoms with van der Waals surface area (Å²) >= 11 is 0. The van der Waals surface area contributed by atoms with Crippen molar-refractivity contribution in [1.82, 2.24) is 15.1 Å². The SMILES string of the molecule is CC(C)NC1(C#N)CCC(N2CCC(N(C)C)CC2)C1. The number of likely N-dealkylation sites (tertiary alicyclic amines) is 1. The third-order valence-electron chi connectivity index (χ3n) is 5.01. The largest absolute Gasteiger partial charge is 0.306 e. The highest BCUT2D eigenvalue weighted by Gasteiger charge is 2.42. The lowest BCUT2D eigenvalue weighted by Gasteiger charge is -2.38. The van der Waals surface area contributed by atoms with Crippen LogP contribution in [-0.2, 0) is 0 Å². The van der Waals surface area contributed by atoms with Crippen LogP contribution in [0.15, 0.2) is 0 Å². The molecule has 4 heteroatoms. The zero-order valence-corrected chi connectivity index (χ0v) is 13.5. The van der Waals surface area contributed by atoms with Crippen LogP contribution >= 0.6 is 0 Å². The Labute approximate surface area is 124 Å². The van der Waals surface area contributed by atoms with Crippen LogP contribution < -0.4 is 5.32 Å². The van der Waals surface area contributed by atoms with E-state index in [-0.39, 0.29) is 5.54 Å². The fourth-order valence-electron chi connectivity index (χ4n) is 3.92. The molecule has 2 fully saturated rings. The highest BCUT2D eigenvalue weighted by atomic mass is 15.2. The second kappa shape index (κ2) is 6.43. The van der Waals surface area contributed by atoms with E-state index in [1.54, 1.807) is 0 Å². The minimum Gasteiger partial charge on any atom is -0.306 e. The molecule has 0 aromatic rings. The van der Waals surface area contributed by atoms with E-state index < -0.39 is 0 Å². The first kappa shape index (κ1) is 15.8. The minimum absolute atomic E-state index is 0.281. The zero-order valence-electron chi connectivity index (χ0n) is 13.5. The molecule has 0 spiro atoms. The summed E-state index contributed by atoms with van der Waals surface area (Å²) in [5, 5.41) is 13.1. The molecule has 114 valence electrons. The predicted molar refractivity (Wildman–Crippen MR) is 82.5 cm³/mol. The number of hydrogen-bond acceptors (Lipinski definition) is 4. The molecule has 1 aliphatic carbocycles. The maximum Gasteiger partial charge on any atom is 0.108 e. The van der Waals surface area contributed by atoms with E-state index in [0.717, 1.165) is 18.9 Å². The summed E-state index contributed by atoms with van der Waals surface area (Å²) in [6.07, 6.45) is 5.69. The van der Waals surface area contributed by atoms with E-state index in [2.05, 4.69) is 49.1 Å². The molecule has 1 saturated heterocycles. The molecular formula is C16H30N4. The first-order valence-corrected chi connectivity index (χ1v) is 8.05. The molecule has 0 bridgehead atoms. The Balaban J connectivity index is 1.89. The summed E-state index contributed by atoms with van der Waals surface area (Å²) in [6.45, 7) is 6.65. The van der Waals surface area contributed by atoms with Crippen molar-refractivity contribution in [2.45, 2.75) is 69.6 Å². The van der Waals surface area contributed by atoms with Gasteiger partial charge < -0.3 is 9.80 Å². The second-order valence-corrected chi connectivity index (χ2v) is 7.12. The van der Waals surface area contributed by atoms with Crippen molar-refractivity contribution in [2.24, 2.45) is 0 Å². The van der Waals surface area contributed by atoms with E-state index in [1.807, 2.05) is 0 Å². The number of piperidine rings is 1. The Morgan fingerprint density at radius 2 is 1.90 bits per heavy atom. The van der Waals surface area contributed by atoms with Crippen molar-refractivity contribution in [2.75, 3.05) is 27.2 Å². The van der Waals surface area contributed by atoms with Crippen LogP contribution in [0.2, 0.25) is 0 Å². The summed E-state index contributed by atoms with van der Waals surface area (Å²) < 4.78 is 0. The van der Waals surface area contributed by atoms with Crippen molar-refractivity contribution in [3.63, 3.8) is 0 Å². The van der Waals surface area contributed by atoms with Gasteiger partial charge in [-0.1, -0.05) is 0 Å². The Morgan fingerprint density at radius 3 is 2.40 bits per heavy atom. The van der Waals surface area contributed by atoms with Gasteiger partial charge in [0, 0.05) is 18.1 Å². The number of nitriles is 1. The molecule has 2 rings (SSSR count). The molecule has 0 amide bonds. The number of nitrogens with zero attached hydrogens (tertiary/aromatic N) is 3. The Hall–Kier alpha value is -0.630. The highest BCUT2D eigenvalue weighted by molar-refractivity contribution is 5.14. The van der Waals surface area contributed by atoms with Gasteiger partial charge in [-0.25, -0.2) is 0 Å². The summed E-state index contributed by atoms with van der Waals surface area (Å²) in [4.78, 5) is 4.98. The molecular weight excluding hydrogens is 248 g/mol. The minimum atomic E-state index is -0.281. The molecule has 1 heterocycles. The molecule has 0 radical (unpaired) electrons. The third kappa shape index (κ3) is 3.52. The van der Waals surface area contributed by atoms with Crippen molar-refractivity contribution in [3.05, 3.63) is 0 Å². The average Bonchev–Trinajstić information content (AvgIpc) is 2.83. The van der Waals surface area contributed by atoms with Gasteiger partial charge in [-0.2, -0.15) is 5.26 Å². The van der Waals surface area contributed by atoms with E-state index >= 15 is 0 Å². The third-order valence-corrected chi connectivity index (χ3v) is 5.01. The maximum absolute atomic E-state index is 9.56. The van der Waals surface area contributed by atoms with Gasteiger partial charge in [-0.15, -0.1) is 0 Å². The lowest BCUT2D eigenvalue weighted by molar-refractivity contribution is 0.107. The quantitative estimate of drug-likeness (QED) is 0.852. The summed E-state index contributed by atoms with van der Waals surface area (Å²) in [5.74, 6) is 0. The van der Waals surface area contributed by atoms with Crippen LogP contribution in [0.3, 0.4) is 0 Å². The van der Waals surface area contributed by atoms with Crippen LogP contribution in [0, 0.1) is 11.3 Å². The molecule has 20 heavy (non-hydrogen) atoms. The monoisotopic (exact) mass is 278 g/mol. The van der Waals surface area contributed by atoms with Gasteiger partial charge in [0.15, 0.2) is 0 Å². The fourth-order valence-corrected chi connectivity index (χ4v) is 3.92. The molecule has 1 N–H and O–H groups in total. The fraction of sp³-hybridized carbons (Fsp3) is 0.938. The van der Waals surface area contributed by atoms with Crippen LogP contribution in [-0.4, -0.2) is 60.6 Å². The Bertz CT molecular complexity index is 352. The van der Waals surface area contributed by atoms with Gasteiger partial charge in [0.2, 0.25) is 0 Å². The van der Waals surface area contributed by atoms with Gasteiger partial charge >= 0.3 is 0 Å². The second-order valence-electron chi connectivity index (χ2n) is 7.12. The Kier molecular flexibility index (Phi) is 5.06. The lowest BCUT2D eigenvalue weighted by Crippen LogP contribution is -2.49. The smallest absolute Gasteiger partial charge is 0.108 e. The van der Waals surface area contributed by atoms with Crippen LogP contribution in [0.25, 0.3) is 0 Å². The molecule has 0 aromatic heterocycles. The lowest BCUT2D eigenvalue weighted by atomic mass is 9.97. The number of rotatable bonds is 4. The molecule has 2 aliphatic rings. The molecule has 1 aliphatic heterocycles. The van der Waals surface area contributed by atoms with Crippen molar-refractivity contribution in [1.29, 1.82) is 5.26 Å². The van der Waals surface area contributed by atoms with Gasteiger partial charge in [0.05, 0.1) is 6.07 Å². The van der Waals surface area contributed by atoms with Crippen LogP contribution in [0.5, 0.6) is 0 Å². The van der Waals surface area contributed by atoms with E-state index in [0.29, 0.717) is 12.1 Å². The van der Waals surface area contributed by atoms with E-state index in [9.17, 15) is 5.26 Å². The molecule has 2 atom stereocenters.